The number of anilines is 1. The van der Waals surface area contributed by atoms with Crippen LogP contribution < -0.4 is 5.32 Å². The lowest BCUT2D eigenvalue weighted by molar-refractivity contribution is -0.126. The number of aromatic nitrogens is 1. The van der Waals surface area contributed by atoms with E-state index in [1.165, 1.54) is 45.7 Å². The quantitative estimate of drug-likeness (QED) is 0.382. The van der Waals surface area contributed by atoms with Gasteiger partial charge in [0.25, 0.3) is 0 Å². The smallest absolute Gasteiger partial charge is 0.233 e. The standard InChI is InChI=1S/C28H23FN2OS/c1-28(26(32)31-27-30-16-19(33-27)14-17-10-12-18(29)13-11-17)15-24-20-6-2-4-8-22(20)25(28)23-9-5-3-7-21(23)24/h2-13,16,24-25H,14-15H2,1H3,(H,30,31,32)/t24?,25?,28-/m0/s1. The topological polar surface area (TPSA) is 42.0 Å². The van der Waals surface area contributed by atoms with E-state index in [-0.39, 0.29) is 23.6 Å². The largest absolute Gasteiger partial charge is 0.301 e. The molecular weight excluding hydrogens is 431 g/mol. The molecule has 1 aromatic heterocycles. The molecule has 3 aliphatic carbocycles. The van der Waals surface area contributed by atoms with Crippen molar-refractivity contribution in [3.63, 3.8) is 0 Å². The van der Waals surface area contributed by atoms with Crippen LogP contribution in [0.1, 0.15) is 57.9 Å². The van der Waals surface area contributed by atoms with Crippen LogP contribution in [0.2, 0.25) is 0 Å². The molecule has 33 heavy (non-hydrogen) atoms. The summed E-state index contributed by atoms with van der Waals surface area (Å²) >= 11 is 1.48. The highest BCUT2D eigenvalue weighted by Gasteiger charge is 2.53. The van der Waals surface area contributed by atoms with Crippen LogP contribution in [0.15, 0.2) is 79.0 Å². The third-order valence-corrected chi connectivity index (χ3v) is 8.13. The van der Waals surface area contributed by atoms with Crippen LogP contribution in [0, 0.1) is 11.2 Å². The van der Waals surface area contributed by atoms with Crippen molar-refractivity contribution in [2.45, 2.75) is 31.6 Å². The molecule has 0 unspecified atom stereocenters. The number of nitrogens with zero attached hydrogens (tertiary/aromatic N) is 1. The monoisotopic (exact) mass is 454 g/mol. The summed E-state index contributed by atoms with van der Waals surface area (Å²) in [5.74, 6) is 0.0235. The van der Waals surface area contributed by atoms with E-state index in [4.69, 9.17) is 0 Å². The van der Waals surface area contributed by atoms with E-state index in [0.29, 0.717) is 11.6 Å². The highest BCUT2D eigenvalue weighted by atomic mass is 32.1. The first-order chi connectivity index (χ1) is 16.0. The zero-order chi connectivity index (χ0) is 22.6. The maximum Gasteiger partial charge on any atom is 0.233 e. The second-order valence-electron chi connectivity index (χ2n) is 9.25. The molecule has 3 aromatic carbocycles. The summed E-state index contributed by atoms with van der Waals surface area (Å²) in [6.45, 7) is 2.10. The van der Waals surface area contributed by atoms with Gasteiger partial charge in [0.15, 0.2) is 5.13 Å². The number of amides is 1. The van der Waals surface area contributed by atoms with Gasteiger partial charge in [-0.25, -0.2) is 9.37 Å². The van der Waals surface area contributed by atoms with Crippen molar-refractivity contribution >= 4 is 22.4 Å². The molecule has 1 atom stereocenters. The number of nitrogens with one attached hydrogen (secondary N) is 1. The second-order valence-corrected chi connectivity index (χ2v) is 10.4. The molecule has 3 nitrogen and oxygen atoms in total. The molecule has 0 saturated carbocycles. The van der Waals surface area contributed by atoms with E-state index in [1.807, 2.05) is 0 Å². The van der Waals surface area contributed by atoms with Gasteiger partial charge >= 0.3 is 0 Å². The normalized spacial score (nSPS) is 22.5. The minimum Gasteiger partial charge on any atom is -0.301 e. The number of carbonyl (C=O) groups excluding carboxylic acids is 1. The van der Waals surface area contributed by atoms with Gasteiger partial charge in [0.2, 0.25) is 5.91 Å². The van der Waals surface area contributed by atoms with Crippen molar-refractivity contribution in [2.75, 3.05) is 5.32 Å². The van der Waals surface area contributed by atoms with Gasteiger partial charge in [0.05, 0.1) is 5.41 Å². The van der Waals surface area contributed by atoms with Crippen LogP contribution in [0.4, 0.5) is 9.52 Å². The van der Waals surface area contributed by atoms with E-state index in [1.54, 1.807) is 18.3 Å². The Bertz CT molecular complexity index is 1310. The SMILES string of the molecule is C[C@]1(C(=O)Nc2ncc(Cc3ccc(F)cc3)s2)CC2c3ccccc3C1c1ccccc12. The molecule has 0 radical (unpaired) electrons. The lowest BCUT2D eigenvalue weighted by Crippen LogP contribution is -2.47. The fourth-order valence-corrected chi connectivity index (χ4v) is 6.52. The summed E-state index contributed by atoms with van der Waals surface area (Å²) in [4.78, 5) is 19.2. The molecule has 0 saturated heterocycles. The highest BCUT2D eigenvalue weighted by molar-refractivity contribution is 7.15. The molecular formula is C28H23FN2OS. The Kier molecular flexibility index (Phi) is 4.70. The first-order valence-electron chi connectivity index (χ1n) is 11.2. The van der Waals surface area contributed by atoms with Crippen molar-refractivity contribution < 1.29 is 9.18 Å². The molecule has 0 fully saturated rings. The van der Waals surface area contributed by atoms with Gasteiger partial charge in [-0.2, -0.15) is 0 Å². The van der Waals surface area contributed by atoms with Gasteiger partial charge in [-0.05, 0) is 53.3 Å². The third-order valence-electron chi connectivity index (χ3n) is 7.21. The summed E-state index contributed by atoms with van der Waals surface area (Å²) in [6, 6.07) is 23.6. The summed E-state index contributed by atoms with van der Waals surface area (Å²) in [5, 5.41) is 3.73. The van der Waals surface area contributed by atoms with Gasteiger partial charge in [-0.3, -0.25) is 4.79 Å². The summed E-state index contributed by atoms with van der Waals surface area (Å²) in [6.07, 6.45) is 3.24. The lowest BCUT2D eigenvalue weighted by Gasteiger charge is -2.50. The fraction of sp³-hybridized carbons (Fsp3) is 0.214. The average molecular weight is 455 g/mol. The van der Waals surface area contributed by atoms with Crippen molar-refractivity contribution in [2.24, 2.45) is 5.41 Å². The maximum atomic E-state index is 13.7. The van der Waals surface area contributed by atoms with E-state index >= 15 is 0 Å². The molecule has 1 heterocycles. The number of fused-ring (bicyclic) bond motifs is 1. The van der Waals surface area contributed by atoms with Crippen molar-refractivity contribution in [1.29, 1.82) is 0 Å². The van der Waals surface area contributed by atoms with Crippen molar-refractivity contribution in [1.82, 2.24) is 4.98 Å². The second kappa shape index (κ2) is 7.63. The number of benzene rings is 3. The number of hydrogen-bond donors (Lipinski definition) is 1. The Labute approximate surface area is 196 Å². The molecule has 3 aliphatic rings. The average Bonchev–Trinajstić information content (AvgIpc) is 3.27. The van der Waals surface area contributed by atoms with E-state index < -0.39 is 5.41 Å². The van der Waals surface area contributed by atoms with Crippen LogP contribution >= 0.6 is 11.3 Å². The third kappa shape index (κ3) is 3.30. The van der Waals surface area contributed by atoms with Crippen LogP contribution in [-0.4, -0.2) is 10.9 Å². The van der Waals surface area contributed by atoms with E-state index in [2.05, 4.69) is 65.8 Å². The molecule has 1 amide bonds. The van der Waals surface area contributed by atoms with Gasteiger partial charge in [0.1, 0.15) is 5.82 Å². The highest BCUT2D eigenvalue weighted by Crippen LogP contribution is 2.61. The predicted octanol–water partition coefficient (Wildman–Crippen LogP) is 6.50. The van der Waals surface area contributed by atoms with E-state index in [9.17, 15) is 9.18 Å². The number of thiazole rings is 1. The predicted molar refractivity (Wildman–Crippen MR) is 129 cm³/mol. The molecule has 7 rings (SSSR count). The zero-order valence-electron chi connectivity index (χ0n) is 18.2. The van der Waals surface area contributed by atoms with Crippen LogP contribution in [0.5, 0.6) is 0 Å². The molecule has 1 N–H and O–H groups in total. The Hall–Kier alpha value is -3.31. The summed E-state index contributed by atoms with van der Waals surface area (Å²) in [5.41, 5.74) is 5.69. The van der Waals surface area contributed by atoms with Crippen LogP contribution in [0.25, 0.3) is 0 Å². The summed E-state index contributed by atoms with van der Waals surface area (Å²) < 4.78 is 13.2. The molecule has 0 aliphatic heterocycles. The molecule has 4 aromatic rings. The van der Waals surface area contributed by atoms with Gasteiger partial charge in [-0.1, -0.05) is 60.7 Å². The zero-order valence-corrected chi connectivity index (χ0v) is 19.0. The minimum absolute atomic E-state index is 0.0178. The Balaban J connectivity index is 1.28. The van der Waals surface area contributed by atoms with Crippen LogP contribution in [0.3, 0.4) is 0 Å². The van der Waals surface area contributed by atoms with E-state index in [0.717, 1.165) is 16.9 Å². The fourth-order valence-electron chi connectivity index (χ4n) is 5.68. The van der Waals surface area contributed by atoms with Gasteiger partial charge in [-0.15, -0.1) is 11.3 Å². The Morgan fingerprint density at radius 2 is 1.61 bits per heavy atom. The molecule has 0 spiro atoms. The van der Waals surface area contributed by atoms with Crippen molar-refractivity contribution in [3.8, 4) is 0 Å². The molecule has 2 bridgehead atoms. The molecule has 164 valence electrons. The Morgan fingerprint density at radius 1 is 1.00 bits per heavy atom. The van der Waals surface area contributed by atoms with Crippen molar-refractivity contribution in [3.05, 3.63) is 118 Å². The Morgan fingerprint density at radius 3 is 2.24 bits per heavy atom. The van der Waals surface area contributed by atoms with Crippen LogP contribution in [-0.2, 0) is 11.2 Å². The number of rotatable bonds is 4. The lowest BCUT2D eigenvalue weighted by atomic mass is 9.52. The maximum absolute atomic E-state index is 13.7. The summed E-state index contributed by atoms with van der Waals surface area (Å²) in [7, 11) is 0. The molecule has 5 heteroatoms. The first kappa shape index (κ1) is 20.3. The van der Waals surface area contributed by atoms with Gasteiger partial charge in [0, 0.05) is 29.3 Å². The first-order valence-corrected chi connectivity index (χ1v) is 12.0. The minimum atomic E-state index is -0.559. The van der Waals surface area contributed by atoms with Gasteiger partial charge < -0.3 is 5.32 Å². The number of hydrogen-bond acceptors (Lipinski definition) is 3. The number of carbonyl (C=O) groups is 1. The number of halogens is 1.